The molecule has 30 heavy (non-hydrogen) atoms. The first-order valence-electron chi connectivity index (χ1n) is 11.3. The highest BCUT2D eigenvalue weighted by Crippen LogP contribution is 2.20. The van der Waals surface area contributed by atoms with Crippen molar-refractivity contribution in [3.05, 3.63) is 0 Å². The second-order valence-corrected chi connectivity index (χ2v) is 12.0. The van der Waals surface area contributed by atoms with Crippen molar-refractivity contribution in [3.63, 3.8) is 0 Å². The molecular weight excluding hydrogens is 424 g/mol. The Balaban J connectivity index is 4.84. The Morgan fingerprint density at radius 3 is 1.10 bits per heavy atom. The fourth-order valence-electron chi connectivity index (χ4n) is 3.31. The summed E-state index contributed by atoms with van der Waals surface area (Å²) >= 11 is 0. The molecule has 0 saturated carbocycles. The Hall–Kier alpha value is -0.536. The van der Waals surface area contributed by atoms with Crippen LogP contribution in [-0.2, 0) is 26.6 Å². The van der Waals surface area contributed by atoms with Crippen LogP contribution in [0.15, 0.2) is 0 Å². The number of carbonyl (C=O) groups excluding carboxylic acids is 1. The molecule has 180 valence electrons. The molecule has 9 nitrogen and oxygen atoms in total. The normalized spacial score (nSPS) is 12.3. The predicted molar refractivity (Wildman–Crippen MR) is 121 cm³/mol. The van der Waals surface area contributed by atoms with Gasteiger partial charge in [0.15, 0.2) is 0 Å². The number of carbonyl (C=O) groups is 1. The first kappa shape index (κ1) is 29.5. The van der Waals surface area contributed by atoms with Crippen LogP contribution in [0.4, 0.5) is 4.79 Å². The van der Waals surface area contributed by atoms with Gasteiger partial charge in [-0.05, 0) is 54.4 Å². The van der Waals surface area contributed by atoms with Crippen LogP contribution in [0.3, 0.4) is 0 Å². The van der Waals surface area contributed by atoms with Crippen molar-refractivity contribution in [3.8, 4) is 0 Å². The van der Waals surface area contributed by atoms with E-state index in [9.17, 15) is 4.79 Å². The van der Waals surface area contributed by atoms with Crippen LogP contribution >= 0.6 is 0 Å². The Morgan fingerprint density at radius 2 is 0.900 bits per heavy atom. The van der Waals surface area contributed by atoms with Gasteiger partial charge in [-0.2, -0.15) is 0 Å². The molecule has 0 unspecified atom stereocenters. The number of rotatable bonds is 20. The number of nitrogens with zero attached hydrogens (tertiary/aromatic N) is 1. The molecule has 0 heterocycles. The Morgan fingerprint density at radius 1 is 0.633 bits per heavy atom. The number of primary amides is 1. The molecule has 0 atom stereocenters. The largest absolute Gasteiger partial charge is 0.500 e. The van der Waals surface area contributed by atoms with Crippen LogP contribution in [0.25, 0.3) is 0 Å². The van der Waals surface area contributed by atoms with Crippen LogP contribution in [0.2, 0.25) is 12.1 Å². The minimum atomic E-state index is -2.72. The van der Waals surface area contributed by atoms with Gasteiger partial charge in [0.05, 0.1) is 0 Å². The number of amides is 2. The van der Waals surface area contributed by atoms with Gasteiger partial charge in [-0.25, -0.2) is 4.79 Å². The third-order valence-corrected chi connectivity index (χ3v) is 10.6. The highest BCUT2D eigenvalue weighted by molar-refractivity contribution is 6.61. The first-order chi connectivity index (χ1) is 14.4. The van der Waals surface area contributed by atoms with E-state index in [2.05, 4.69) is 0 Å². The number of urea groups is 1. The maximum Gasteiger partial charge on any atom is 0.500 e. The van der Waals surface area contributed by atoms with Crippen molar-refractivity contribution >= 4 is 23.6 Å². The lowest BCUT2D eigenvalue weighted by Gasteiger charge is -2.30. The zero-order chi connectivity index (χ0) is 22.9. The lowest BCUT2D eigenvalue weighted by Crippen LogP contribution is -2.47. The van der Waals surface area contributed by atoms with Crippen molar-refractivity contribution in [2.75, 3.05) is 52.7 Å². The lowest BCUT2D eigenvalue weighted by molar-refractivity contribution is 0.0697. The summed E-state index contributed by atoms with van der Waals surface area (Å²) in [6, 6.07) is 0.840. The number of hydrogen-bond acceptors (Lipinski definition) is 7. The molecule has 0 aromatic carbocycles. The molecule has 2 amide bonds. The fraction of sp³-hybridized carbons (Fsp3) is 0.947. The van der Waals surface area contributed by atoms with Gasteiger partial charge in [-0.1, -0.05) is 0 Å². The Kier molecular flexibility index (Phi) is 16.8. The van der Waals surface area contributed by atoms with E-state index in [0.717, 1.165) is 0 Å². The summed E-state index contributed by atoms with van der Waals surface area (Å²) < 4.78 is 35.2. The van der Waals surface area contributed by atoms with Crippen LogP contribution in [0, 0.1) is 0 Å². The summed E-state index contributed by atoms with van der Waals surface area (Å²) in [5.74, 6) is 0. The molecule has 0 fully saturated rings. The molecule has 0 aliphatic heterocycles. The number of hydrogen-bond donors (Lipinski definition) is 1. The van der Waals surface area contributed by atoms with Crippen molar-refractivity contribution in [1.82, 2.24) is 4.90 Å². The molecule has 0 bridgehead atoms. The van der Waals surface area contributed by atoms with E-state index in [1.165, 1.54) is 0 Å². The molecule has 0 aromatic rings. The Bertz CT molecular complexity index is 381. The van der Waals surface area contributed by atoms with Gasteiger partial charge < -0.3 is 37.2 Å². The summed E-state index contributed by atoms with van der Waals surface area (Å²) in [6.07, 6.45) is 1.39. The second kappa shape index (κ2) is 17.1. The molecule has 0 aliphatic rings. The minimum absolute atomic E-state index is 0.442. The Labute approximate surface area is 185 Å². The minimum Gasteiger partial charge on any atom is -0.374 e. The van der Waals surface area contributed by atoms with Gasteiger partial charge in [-0.3, -0.25) is 0 Å². The van der Waals surface area contributed by atoms with Crippen LogP contribution in [0.1, 0.15) is 54.4 Å². The summed E-state index contributed by atoms with van der Waals surface area (Å²) in [7, 11) is -5.44. The van der Waals surface area contributed by atoms with Crippen molar-refractivity contribution in [2.24, 2.45) is 5.73 Å². The summed E-state index contributed by atoms with van der Waals surface area (Å²) in [5, 5.41) is 0. The SMILES string of the molecule is CCO[Si](CCCN(CCC[Si](OCC)(OCC)OCC)C(N)=O)(OCC)OCC. The van der Waals surface area contributed by atoms with Crippen LogP contribution in [-0.4, -0.2) is 81.3 Å². The third-order valence-electron chi connectivity index (χ3n) is 4.32. The summed E-state index contributed by atoms with van der Waals surface area (Å²) in [6.45, 7) is 15.8. The van der Waals surface area contributed by atoms with Crippen molar-refractivity contribution in [1.29, 1.82) is 0 Å². The van der Waals surface area contributed by atoms with Crippen molar-refractivity contribution in [2.45, 2.75) is 66.5 Å². The van der Waals surface area contributed by atoms with Crippen molar-refractivity contribution < 1.29 is 31.4 Å². The van der Waals surface area contributed by atoms with Gasteiger partial charge in [0.1, 0.15) is 0 Å². The zero-order valence-corrected chi connectivity index (χ0v) is 21.9. The summed E-state index contributed by atoms with van der Waals surface area (Å²) in [5.41, 5.74) is 5.61. The van der Waals surface area contributed by atoms with Gasteiger partial charge in [0, 0.05) is 64.8 Å². The maximum atomic E-state index is 11.9. The quantitative estimate of drug-likeness (QED) is 0.274. The molecular formula is C19H44N2O7Si2. The van der Waals surface area contributed by atoms with E-state index >= 15 is 0 Å². The van der Waals surface area contributed by atoms with E-state index in [4.69, 9.17) is 32.3 Å². The van der Waals surface area contributed by atoms with E-state index < -0.39 is 23.6 Å². The van der Waals surface area contributed by atoms with E-state index in [1.807, 2.05) is 41.5 Å². The average molecular weight is 469 g/mol. The van der Waals surface area contributed by atoms with Gasteiger partial charge in [-0.15, -0.1) is 0 Å². The van der Waals surface area contributed by atoms with Crippen LogP contribution < -0.4 is 5.73 Å². The van der Waals surface area contributed by atoms with Crippen LogP contribution in [0.5, 0.6) is 0 Å². The zero-order valence-electron chi connectivity index (χ0n) is 19.9. The molecule has 0 aliphatic carbocycles. The molecule has 0 aromatic heterocycles. The molecule has 0 saturated heterocycles. The molecule has 0 rings (SSSR count). The predicted octanol–water partition coefficient (Wildman–Crippen LogP) is 3.24. The molecule has 0 spiro atoms. The highest BCUT2D eigenvalue weighted by Gasteiger charge is 2.41. The van der Waals surface area contributed by atoms with Gasteiger partial charge >= 0.3 is 23.6 Å². The first-order valence-corrected chi connectivity index (χ1v) is 15.1. The molecule has 2 N–H and O–H groups in total. The van der Waals surface area contributed by atoms with E-state index in [1.54, 1.807) is 4.90 Å². The molecule has 11 heteroatoms. The lowest BCUT2D eigenvalue weighted by atomic mass is 10.4. The van der Waals surface area contributed by atoms with Gasteiger partial charge in [0.2, 0.25) is 0 Å². The molecule has 0 radical (unpaired) electrons. The standard InChI is InChI=1S/C19H44N2O7Si2/c1-7-23-29(24-8-2,25-9-3)17-13-15-21(19(20)22)16-14-18-30(26-10-4,27-11-5)28-12-6/h7-18H2,1-6H3,(H2,20,22). The van der Waals surface area contributed by atoms with E-state index in [0.29, 0.717) is 77.7 Å². The summed E-state index contributed by atoms with van der Waals surface area (Å²) in [4.78, 5) is 13.6. The van der Waals surface area contributed by atoms with Gasteiger partial charge in [0.25, 0.3) is 0 Å². The second-order valence-electron chi connectivity index (χ2n) is 6.50. The topological polar surface area (TPSA) is 102 Å². The smallest absolute Gasteiger partial charge is 0.374 e. The highest BCUT2D eigenvalue weighted by atomic mass is 28.4. The third kappa shape index (κ3) is 11.2. The monoisotopic (exact) mass is 468 g/mol. The van der Waals surface area contributed by atoms with E-state index in [-0.39, 0.29) is 0 Å². The fourth-order valence-corrected chi connectivity index (χ4v) is 8.49. The number of nitrogens with two attached hydrogens (primary N) is 1. The average Bonchev–Trinajstić information content (AvgIpc) is 2.68. The maximum absolute atomic E-state index is 11.9.